The summed E-state index contributed by atoms with van der Waals surface area (Å²) in [6.45, 7) is 7.76. The summed E-state index contributed by atoms with van der Waals surface area (Å²) in [6.07, 6.45) is 1.21. The lowest BCUT2D eigenvalue weighted by atomic mass is 9.89. The summed E-state index contributed by atoms with van der Waals surface area (Å²) in [5.41, 5.74) is 1.33. The summed E-state index contributed by atoms with van der Waals surface area (Å²) in [4.78, 5) is 4.38. The molecule has 0 spiro atoms. The van der Waals surface area contributed by atoms with E-state index in [1.807, 2.05) is 0 Å². The van der Waals surface area contributed by atoms with Crippen LogP contribution in [0.2, 0.25) is 0 Å². The normalized spacial score (nSPS) is 36.1. The van der Waals surface area contributed by atoms with E-state index >= 15 is 0 Å². The van der Waals surface area contributed by atoms with Crippen LogP contribution in [-0.4, -0.2) is 12.3 Å². The Morgan fingerprint density at radius 3 is 2.44 bits per heavy atom. The largest absolute Gasteiger partial charge is 0.294 e. The summed E-state index contributed by atoms with van der Waals surface area (Å²) in [6, 6.07) is 0. The van der Waals surface area contributed by atoms with E-state index in [9.17, 15) is 0 Å². The number of aliphatic imine (C=N–C) groups is 1. The Labute approximate surface area is 57.2 Å². The molecule has 1 aliphatic rings. The van der Waals surface area contributed by atoms with Gasteiger partial charge in [-0.25, -0.2) is 0 Å². The Bertz CT molecular complexity index is 127. The average molecular weight is 125 g/mol. The Morgan fingerprint density at radius 1 is 1.33 bits per heavy atom. The fraction of sp³-hybridized carbons (Fsp3) is 0.875. The maximum atomic E-state index is 4.38. The molecule has 2 unspecified atom stereocenters. The zero-order valence-corrected chi connectivity index (χ0v) is 6.52. The molecule has 0 aromatic rings. The van der Waals surface area contributed by atoms with Gasteiger partial charge >= 0.3 is 0 Å². The van der Waals surface area contributed by atoms with Crippen molar-refractivity contribution >= 4 is 5.71 Å². The molecular weight excluding hydrogens is 110 g/mol. The first-order valence-corrected chi connectivity index (χ1v) is 3.70. The fourth-order valence-corrected chi connectivity index (χ4v) is 1.21. The fourth-order valence-electron chi connectivity index (χ4n) is 1.21. The van der Waals surface area contributed by atoms with Crippen molar-refractivity contribution in [3.8, 4) is 0 Å². The lowest BCUT2D eigenvalue weighted by Crippen LogP contribution is -2.20. The van der Waals surface area contributed by atoms with Gasteiger partial charge in [0, 0.05) is 12.3 Å². The van der Waals surface area contributed by atoms with Crippen LogP contribution in [0, 0.1) is 11.8 Å². The Hall–Kier alpha value is -0.330. The third kappa shape index (κ3) is 1.54. The summed E-state index contributed by atoms with van der Waals surface area (Å²) in [7, 11) is 0. The van der Waals surface area contributed by atoms with Crippen LogP contribution in [0.1, 0.15) is 27.2 Å². The molecular formula is C8H15N. The highest BCUT2D eigenvalue weighted by Crippen LogP contribution is 2.20. The van der Waals surface area contributed by atoms with Gasteiger partial charge in [0.2, 0.25) is 0 Å². The third-order valence-electron chi connectivity index (χ3n) is 2.24. The maximum Gasteiger partial charge on any atom is 0.0416 e. The van der Waals surface area contributed by atoms with Crippen LogP contribution in [0.4, 0.5) is 0 Å². The van der Waals surface area contributed by atoms with Gasteiger partial charge in [0.05, 0.1) is 0 Å². The molecule has 1 nitrogen and oxygen atoms in total. The first-order chi connectivity index (χ1) is 4.20. The van der Waals surface area contributed by atoms with E-state index in [-0.39, 0.29) is 0 Å². The molecule has 0 saturated heterocycles. The Balaban J connectivity index is 2.54. The van der Waals surface area contributed by atoms with Gasteiger partial charge in [0.15, 0.2) is 0 Å². The van der Waals surface area contributed by atoms with E-state index in [4.69, 9.17) is 0 Å². The van der Waals surface area contributed by atoms with E-state index in [2.05, 4.69) is 25.8 Å². The van der Waals surface area contributed by atoms with Crippen LogP contribution in [0.3, 0.4) is 0 Å². The molecule has 0 radical (unpaired) electrons. The molecule has 2 atom stereocenters. The smallest absolute Gasteiger partial charge is 0.0416 e. The molecule has 9 heavy (non-hydrogen) atoms. The van der Waals surface area contributed by atoms with Crippen molar-refractivity contribution in [2.75, 3.05) is 6.54 Å². The summed E-state index contributed by atoms with van der Waals surface area (Å²) >= 11 is 0. The van der Waals surface area contributed by atoms with Crippen molar-refractivity contribution < 1.29 is 0 Å². The molecule has 0 bridgehead atoms. The number of hydrogen-bond donors (Lipinski definition) is 0. The lowest BCUT2D eigenvalue weighted by Gasteiger charge is -2.22. The van der Waals surface area contributed by atoms with Gasteiger partial charge in [-0.3, -0.25) is 4.99 Å². The summed E-state index contributed by atoms with van der Waals surface area (Å²) in [5.74, 6) is 1.65. The van der Waals surface area contributed by atoms with Crippen LogP contribution >= 0.6 is 0 Å². The van der Waals surface area contributed by atoms with Gasteiger partial charge in [0.1, 0.15) is 0 Å². The minimum atomic E-state index is 0.800. The minimum absolute atomic E-state index is 0.800. The quantitative estimate of drug-likeness (QED) is 0.470. The van der Waals surface area contributed by atoms with E-state index in [0.29, 0.717) is 0 Å². The lowest BCUT2D eigenvalue weighted by molar-refractivity contribution is 0.392. The van der Waals surface area contributed by atoms with Gasteiger partial charge in [0.25, 0.3) is 0 Å². The summed E-state index contributed by atoms with van der Waals surface area (Å²) < 4.78 is 0. The van der Waals surface area contributed by atoms with Crippen LogP contribution in [0.5, 0.6) is 0 Å². The van der Waals surface area contributed by atoms with Crippen molar-refractivity contribution in [3.63, 3.8) is 0 Å². The second-order valence-electron chi connectivity index (χ2n) is 3.23. The molecule has 0 amide bonds. The van der Waals surface area contributed by atoms with Crippen molar-refractivity contribution in [1.29, 1.82) is 0 Å². The van der Waals surface area contributed by atoms with Crippen molar-refractivity contribution in [1.82, 2.24) is 0 Å². The molecule has 0 aromatic carbocycles. The molecule has 1 heterocycles. The highest BCUT2D eigenvalue weighted by atomic mass is 14.8. The number of rotatable bonds is 0. The first-order valence-electron chi connectivity index (χ1n) is 3.70. The minimum Gasteiger partial charge on any atom is -0.294 e. The number of hydrogen-bond acceptors (Lipinski definition) is 1. The predicted molar refractivity (Wildman–Crippen MR) is 40.9 cm³/mol. The second kappa shape index (κ2) is 2.51. The maximum absolute atomic E-state index is 4.38. The van der Waals surface area contributed by atoms with Crippen molar-refractivity contribution in [2.45, 2.75) is 27.2 Å². The van der Waals surface area contributed by atoms with E-state index < -0.39 is 0 Å². The molecule has 0 N–H and O–H groups in total. The van der Waals surface area contributed by atoms with Gasteiger partial charge in [-0.15, -0.1) is 0 Å². The number of nitrogens with zero attached hydrogens (tertiary/aromatic N) is 1. The molecule has 1 rings (SSSR count). The summed E-state index contributed by atoms with van der Waals surface area (Å²) in [5, 5.41) is 0. The van der Waals surface area contributed by atoms with Gasteiger partial charge in [-0.05, 0) is 25.2 Å². The third-order valence-corrected chi connectivity index (χ3v) is 2.24. The first kappa shape index (κ1) is 6.79. The standard InChI is InChI=1S/C8H15N/c1-6-4-8(3)9-5-7(6)2/h6-7H,4-5H2,1-3H3. The van der Waals surface area contributed by atoms with Crippen molar-refractivity contribution in [3.05, 3.63) is 0 Å². The molecule has 1 aliphatic heterocycles. The van der Waals surface area contributed by atoms with E-state index in [0.717, 1.165) is 18.4 Å². The zero-order chi connectivity index (χ0) is 6.85. The highest BCUT2D eigenvalue weighted by molar-refractivity contribution is 5.82. The van der Waals surface area contributed by atoms with Gasteiger partial charge in [-0.1, -0.05) is 13.8 Å². The van der Waals surface area contributed by atoms with Gasteiger partial charge < -0.3 is 0 Å². The zero-order valence-electron chi connectivity index (χ0n) is 6.52. The van der Waals surface area contributed by atoms with Crippen LogP contribution in [0.25, 0.3) is 0 Å². The Morgan fingerprint density at radius 2 is 2.00 bits per heavy atom. The second-order valence-corrected chi connectivity index (χ2v) is 3.23. The molecule has 0 aromatic heterocycles. The van der Waals surface area contributed by atoms with E-state index in [1.54, 1.807) is 0 Å². The average Bonchev–Trinajstić information content (AvgIpc) is 1.80. The van der Waals surface area contributed by atoms with Crippen LogP contribution < -0.4 is 0 Å². The topological polar surface area (TPSA) is 12.4 Å². The molecule has 52 valence electrons. The Kier molecular flexibility index (Phi) is 1.89. The highest BCUT2D eigenvalue weighted by Gasteiger charge is 2.16. The van der Waals surface area contributed by atoms with Gasteiger partial charge in [-0.2, -0.15) is 0 Å². The molecule has 1 heteroatoms. The monoisotopic (exact) mass is 125 g/mol. The predicted octanol–water partition coefficient (Wildman–Crippen LogP) is 2.12. The van der Waals surface area contributed by atoms with Crippen molar-refractivity contribution in [2.24, 2.45) is 16.8 Å². The van der Waals surface area contributed by atoms with Crippen LogP contribution in [0.15, 0.2) is 4.99 Å². The van der Waals surface area contributed by atoms with Crippen LogP contribution in [-0.2, 0) is 0 Å². The van der Waals surface area contributed by atoms with E-state index in [1.165, 1.54) is 12.1 Å². The molecule has 0 saturated carbocycles. The molecule has 0 aliphatic carbocycles. The molecule has 0 fully saturated rings. The SMILES string of the molecule is CC1=NCC(C)C(C)C1.